The Morgan fingerprint density at radius 1 is 0.947 bits per heavy atom. The van der Waals surface area contributed by atoms with Crippen LogP contribution in [0.25, 0.3) is 0 Å². The molecule has 0 aliphatic carbocycles. The molecular formula is C28H31Cl2N3O4S. The second-order valence-corrected chi connectivity index (χ2v) is 11.7. The Morgan fingerprint density at radius 3 is 2.24 bits per heavy atom. The maximum Gasteiger partial charge on any atom is 0.244 e. The fourth-order valence-corrected chi connectivity index (χ4v) is 5.26. The zero-order valence-corrected chi connectivity index (χ0v) is 23.9. The average Bonchev–Trinajstić information content (AvgIpc) is 2.86. The Kier molecular flexibility index (Phi) is 10.2. The standard InChI is InChI=1S/C28H31Cl2N3O4S/c1-4-31-28(35)26(16-21-9-6-5-7-10-21)32(18-22-11-8-12-23(29)15-22)27(34)19-33(38(3,36)37)24-14-13-20(2)25(30)17-24/h5-15,17,26H,4,16,18-19H2,1-3H3,(H,31,35)/t26-/m0/s1. The van der Waals surface area contributed by atoms with Crippen LogP contribution < -0.4 is 9.62 Å². The van der Waals surface area contributed by atoms with Gasteiger partial charge in [0.25, 0.3) is 0 Å². The molecule has 38 heavy (non-hydrogen) atoms. The van der Waals surface area contributed by atoms with Crippen molar-refractivity contribution in [3.05, 3.63) is 99.5 Å². The minimum Gasteiger partial charge on any atom is -0.355 e. The minimum absolute atomic E-state index is 0.0558. The summed E-state index contributed by atoms with van der Waals surface area (Å²) in [6.45, 7) is 3.52. The third-order valence-corrected chi connectivity index (χ3v) is 7.77. The minimum atomic E-state index is -3.87. The molecule has 3 rings (SSSR count). The van der Waals surface area contributed by atoms with Crippen molar-refractivity contribution >= 4 is 50.7 Å². The number of nitrogens with zero attached hydrogens (tertiary/aromatic N) is 2. The molecule has 2 amide bonds. The van der Waals surface area contributed by atoms with Gasteiger partial charge in [-0.25, -0.2) is 8.42 Å². The van der Waals surface area contributed by atoms with E-state index in [9.17, 15) is 18.0 Å². The number of hydrogen-bond acceptors (Lipinski definition) is 4. The third-order valence-electron chi connectivity index (χ3n) is 5.99. The highest BCUT2D eigenvalue weighted by Crippen LogP contribution is 2.26. The number of benzene rings is 3. The van der Waals surface area contributed by atoms with Crippen molar-refractivity contribution in [1.29, 1.82) is 0 Å². The van der Waals surface area contributed by atoms with Gasteiger partial charge in [0, 0.05) is 29.6 Å². The van der Waals surface area contributed by atoms with E-state index in [0.717, 1.165) is 21.7 Å². The van der Waals surface area contributed by atoms with Gasteiger partial charge in [-0.2, -0.15) is 0 Å². The summed E-state index contributed by atoms with van der Waals surface area (Å²) in [5.74, 6) is -0.879. The van der Waals surface area contributed by atoms with Crippen LogP contribution in [-0.4, -0.2) is 50.5 Å². The second kappa shape index (κ2) is 13.1. The van der Waals surface area contributed by atoms with E-state index in [1.807, 2.05) is 30.3 Å². The Morgan fingerprint density at radius 2 is 1.63 bits per heavy atom. The largest absolute Gasteiger partial charge is 0.355 e. The SMILES string of the molecule is CCNC(=O)[C@H](Cc1ccccc1)N(Cc1cccc(Cl)c1)C(=O)CN(c1ccc(C)c(Cl)c1)S(C)(=O)=O. The lowest BCUT2D eigenvalue weighted by atomic mass is 10.0. The number of hydrogen-bond donors (Lipinski definition) is 1. The van der Waals surface area contributed by atoms with Gasteiger partial charge in [0.1, 0.15) is 12.6 Å². The predicted molar refractivity (Wildman–Crippen MR) is 153 cm³/mol. The van der Waals surface area contributed by atoms with Gasteiger partial charge >= 0.3 is 0 Å². The molecule has 202 valence electrons. The number of sulfonamides is 1. The van der Waals surface area contributed by atoms with Gasteiger partial charge in [-0.3, -0.25) is 13.9 Å². The summed E-state index contributed by atoms with van der Waals surface area (Å²) in [6, 6.07) is 20.3. The number of carbonyl (C=O) groups is 2. The molecule has 0 unspecified atom stereocenters. The Labute approximate surface area is 234 Å². The lowest BCUT2D eigenvalue weighted by molar-refractivity contribution is -0.140. The van der Waals surface area contributed by atoms with Crippen LogP contribution in [0.2, 0.25) is 10.0 Å². The number of anilines is 1. The van der Waals surface area contributed by atoms with Gasteiger partial charge < -0.3 is 10.2 Å². The van der Waals surface area contributed by atoms with E-state index in [-0.39, 0.29) is 24.6 Å². The van der Waals surface area contributed by atoms with Crippen molar-refractivity contribution < 1.29 is 18.0 Å². The van der Waals surface area contributed by atoms with E-state index < -0.39 is 28.5 Å². The fraction of sp³-hybridized carbons (Fsp3) is 0.286. The molecule has 7 nitrogen and oxygen atoms in total. The van der Waals surface area contributed by atoms with Crippen molar-refractivity contribution in [2.45, 2.75) is 32.9 Å². The van der Waals surface area contributed by atoms with Gasteiger partial charge in [-0.1, -0.05) is 71.7 Å². The summed E-state index contributed by atoms with van der Waals surface area (Å²) in [5.41, 5.74) is 2.60. The van der Waals surface area contributed by atoms with Crippen molar-refractivity contribution in [2.24, 2.45) is 0 Å². The molecule has 0 radical (unpaired) electrons. The van der Waals surface area contributed by atoms with Gasteiger partial charge in [0.2, 0.25) is 21.8 Å². The molecule has 0 heterocycles. The Hall–Kier alpha value is -3.07. The van der Waals surface area contributed by atoms with Crippen LogP contribution in [0.5, 0.6) is 0 Å². The molecule has 0 aliphatic heterocycles. The lowest BCUT2D eigenvalue weighted by Crippen LogP contribution is -2.53. The molecule has 0 spiro atoms. The normalized spacial score (nSPS) is 12.0. The van der Waals surface area contributed by atoms with Gasteiger partial charge in [0.15, 0.2) is 0 Å². The molecular weight excluding hydrogens is 545 g/mol. The van der Waals surface area contributed by atoms with E-state index in [2.05, 4.69) is 5.32 Å². The van der Waals surface area contributed by atoms with Crippen molar-refractivity contribution in [2.75, 3.05) is 23.7 Å². The summed E-state index contributed by atoms with van der Waals surface area (Å²) in [4.78, 5) is 28.6. The molecule has 0 saturated heterocycles. The zero-order chi connectivity index (χ0) is 27.9. The molecule has 3 aromatic rings. The van der Waals surface area contributed by atoms with Gasteiger partial charge in [0.05, 0.1) is 11.9 Å². The number of carbonyl (C=O) groups excluding carboxylic acids is 2. The molecule has 1 atom stereocenters. The van der Waals surface area contributed by atoms with Crippen LogP contribution in [0.3, 0.4) is 0 Å². The third kappa shape index (κ3) is 7.96. The van der Waals surface area contributed by atoms with Crippen LogP contribution in [-0.2, 0) is 32.6 Å². The molecule has 0 saturated carbocycles. The molecule has 0 fully saturated rings. The first kappa shape index (κ1) is 29.5. The van der Waals surface area contributed by atoms with Crippen LogP contribution >= 0.6 is 23.2 Å². The molecule has 0 aromatic heterocycles. The number of likely N-dealkylation sites (N-methyl/N-ethyl adjacent to an activating group) is 1. The van der Waals surface area contributed by atoms with E-state index in [4.69, 9.17) is 23.2 Å². The predicted octanol–water partition coefficient (Wildman–Crippen LogP) is 4.84. The Bertz CT molecular complexity index is 1380. The average molecular weight is 577 g/mol. The first-order valence-corrected chi connectivity index (χ1v) is 14.7. The molecule has 0 bridgehead atoms. The quantitative estimate of drug-likeness (QED) is 0.354. The van der Waals surface area contributed by atoms with Crippen molar-refractivity contribution in [3.63, 3.8) is 0 Å². The summed E-state index contributed by atoms with van der Waals surface area (Å²) in [6.07, 6.45) is 1.27. The van der Waals surface area contributed by atoms with Gasteiger partial charge in [-0.05, 0) is 54.8 Å². The van der Waals surface area contributed by atoms with E-state index in [0.29, 0.717) is 22.2 Å². The highest BCUT2D eigenvalue weighted by atomic mass is 35.5. The number of amides is 2. The van der Waals surface area contributed by atoms with Gasteiger partial charge in [-0.15, -0.1) is 0 Å². The lowest BCUT2D eigenvalue weighted by Gasteiger charge is -2.33. The molecule has 0 aliphatic rings. The summed E-state index contributed by atoms with van der Waals surface area (Å²) in [7, 11) is -3.87. The van der Waals surface area contributed by atoms with Crippen LogP contribution in [0.4, 0.5) is 5.69 Å². The number of aryl methyl sites for hydroxylation is 1. The number of nitrogens with one attached hydrogen (secondary N) is 1. The van der Waals surface area contributed by atoms with E-state index in [1.54, 1.807) is 50.2 Å². The Balaban J connectivity index is 2.05. The first-order valence-electron chi connectivity index (χ1n) is 12.1. The first-order chi connectivity index (χ1) is 18.0. The highest BCUT2D eigenvalue weighted by Gasteiger charge is 2.33. The smallest absolute Gasteiger partial charge is 0.244 e. The van der Waals surface area contributed by atoms with E-state index >= 15 is 0 Å². The topological polar surface area (TPSA) is 86.8 Å². The van der Waals surface area contributed by atoms with Crippen molar-refractivity contribution in [3.8, 4) is 0 Å². The summed E-state index contributed by atoms with van der Waals surface area (Å²) in [5, 5.41) is 3.68. The second-order valence-electron chi connectivity index (χ2n) is 8.95. The number of rotatable bonds is 11. The summed E-state index contributed by atoms with van der Waals surface area (Å²) < 4.78 is 26.6. The van der Waals surface area contributed by atoms with Crippen LogP contribution in [0.15, 0.2) is 72.8 Å². The molecule has 3 aromatic carbocycles. The molecule has 1 N–H and O–H groups in total. The van der Waals surface area contributed by atoms with Crippen LogP contribution in [0, 0.1) is 6.92 Å². The number of halogens is 2. The maximum absolute atomic E-state index is 13.9. The summed E-state index contributed by atoms with van der Waals surface area (Å²) >= 11 is 12.5. The monoisotopic (exact) mass is 575 g/mol. The maximum atomic E-state index is 13.9. The van der Waals surface area contributed by atoms with Crippen LogP contribution in [0.1, 0.15) is 23.6 Å². The van der Waals surface area contributed by atoms with E-state index in [1.165, 1.54) is 11.0 Å². The van der Waals surface area contributed by atoms with Crippen molar-refractivity contribution in [1.82, 2.24) is 10.2 Å². The zero-order valence-electron chi connectivity index (χ0n) is 21.5. The fourth-order valence-electron chi connectivity index (χ4n) is 4.03. The highest BCUT2D eigenvalue weighted by molar-refractivity contribution is 7.92. The molecule has 10 heteroatoms.